The molecule has 1 aromatic rings. The summed E-state index contributed by atoms with van der Waals surface area (Å²) in [5.41, 5.74) is 0.371. The number of amides is 1. The second-order valence-corrected chi connectivity index (χ2v) is 7.30. The van der Waals surface area contributed by atoms with Gasteiger partial charge in [-0.05, 0) is 45.1 Å². The lowest BCUT2D eigenvalue weighted by molar-refractivity contribution is -0.150. The topological polar surface area (TPSA) is 55.8 Å². The molecule has 0 N–H and O–H groups in total. The van der Waals surface area contributed by atoms with Gasteiger partial charge in [-0.15, -0.1) is 0 Å². The Balaban J connectivity index is 1.62. The zero-order valence-electron chi connectivity index (χ0n) is 13.8. The van der Waals surface area contributed by atoms with E-state index in [-0.39, 0.29) is 18.6 Å². The van der Waals surface area contributed by atoms with Crippen molar-refractivity contribution in [2.24, 2.45) is 5.92 Å². The fraction of sp³-hybridized carbons (Fsp3) is 0.556. The van der Waals surface area contributed by atoms with Gasteiger partial charge in [0.05, 0.1) is 0 Å². The quantitative estimate of drug-likeness (QED) is 0.804. The average Bonchev–Trinajstić information content (AvgIpc) is 3.14. The van der Waals surface area contributed by atoms with Crippen LogP contribution in [0.2, 0.25) is 0 Å². The van der Waals surface area contributed by atoms with Gasteiger partial charge in [0.15, 0.2) is 0 Å². The molecule has 23 heavy (non-hydrogen) atoms. The van der Waals surface area contributed by atoms with Gasteiger partial charge >= 0.3 is 12.1 Å². The molecule has 0 unspecified atom stereocenters. The number of nitrogens with zero attached hydrogens (tertiary/aromatic N) is 1. The van der Waals surface area contributed by atoms with Gasteiger partial charge in [-0.2, -0.15) is 0 Å². The Morgan fingerprint density at radius 2 is 1.87 bits per heavy atom. The number of piperidine rings is 1. The number of hydrogen-bond donors (Lipinski definition) is 0. The van der Waals surface area contributed by atoms with Gasteiger partial charge in [0.25, 0.3) is 0 Å². The van der Waals surface area contributed by atoms with E-state index in [0.717, 1.165) is 12.0 Å². The second-order valence-electron chi connectivity index (χ2n) is 7.30. The van der Waals surface area contributed by atoms with Crippen LogP contribution in [0.3, 0.4) is 0 Å². The molecule has 3 atom stereocenters. The highest BCUT2D eigenvalue weighted by atomic mass is 16.6. The average molecular weight is 317 g/mol. The van der Waals surface area contributed by atoms with Gasteiger partial charge in [-0.25, -0.2) is 9.59 Å². The smallest absolute Gasteiger partial charge is 0.411 e. The number of rotatable bonds is 3. The third-order valence-corrected chi connectivity index (χ3v) is 4.20. The zero-order valence-corrected chi connectivity index (χ0v) is 13.8. The number of likely N-dealkylation sites (tertiary alicyclic amines) is 1. The largest absolute Gasteiger partial charge is 0.459 e. The highest BCUT2D eigenvalue weighted by molar-refractivity contribution is 5.83. The van der Waals surface area contributed by atoms with E-state index in [2.05, 4.69) is 0 Å². The number of carbonyl (C=O) groups excluding carboxylic acids is 2. The minimum absolute atomic E-state index is 0.138. The van der Waals surface area contributed by atoms with Gasteiger partial charge in [0.2, 0.25) is 0 Å². The van der Waals surface area contributed by atoms with Crippen molar-refractivity contribution in [3.8, 4) is 0 Å². The molecular weight excluding hydrogens is 294 g/mol. The van der Waals surface area contributed by atoms with E-state index in [1.807, 2.05) is 51.1 Å². The maximum Gasteiger partial charge on any atom is 0.411 e. The number of fused-ring (bicyclic) bond motifs is 1. The summed E-state index contributed by atoms with van der Waals surface area (Å²) in [6.07, 6.45) is 1.23. The summed E-state index contributed by atoms with van der Waals surface area (Å²) in [4.78, 5) is 26.4. The Morgan fingerprint density at radius 1 is 1.17 bits per heavy atom. The molecule has 1 saturated carbocycles. The number of benzene rings is 1. The van der Waals surface area contributed by atoms with Crippen LogP contribution in [0.1, 0.15) is 39.2 Å². The van der Waals surface area contributed by atoms with Crippen LogP contribution in [0.5, 0.6) is 0 Å². The summed E-state index contributed by atoms with van der Waals surface area (Å²) in [5.74, 6) is 0.0729. The number of ether oxygens (including phenoxy) is 2. The van der Waals surface area contributed by atoms with Crippen molar-refractivity contribution >= 4 is 12.1 Å². The van der Waals surface area contributed by atoms with Crippen LogP contribution in [-0.2, 0) is 20.9 Å². The van der Waals surface area contributed by atoms with Crippen LogP contribution in [0.25, 0.3) is 0 Å². The second kappa shape index (κ2) is 5.87. The van der Waals surface area contributed by atoms with Gasteiger partial charge in [-0.1, -0.05) is 30.3 Å². The van der Waals surface area contributed by atoms with E-state index in [9.17, 15) is 9.59 Å². The molecule has 1 heterocycles. The summed E-state index contributed by atoms with van der Waals surface area (Å²) in [5, 5.41) is 0. The Morgan fingerprint density at radius 3 is 2.52 bits per heavy atom. The third-order valence-electron chi connectivity index (χ3n) is 4.20. The lowest BCUT2D eigenvalue weighted by atomic mass is 10.1. The van der Waals surface area contributed by atoms with Crippen molar-refractivity contribution < 1.29 is 19.1 Å². The lowest BCUT2D eigenvalue weighted by Gasteiger charge is -2.29. The molecular formula is C18H23NO4. The molecule has 0 aromatic heterocycles. The summed E-state index contributed by atoms with van der Waals surface area (Å²) < 4.78 is 10.8. The SMILES string of the molecule is CC(C)(C)OC(=O)N1[C@@H](C(=O)OCc2ccccc2)C[C@H]2C[C@H]21. The fourth-order valence-electron chi connectivity index (χ4n) is 3.07. The molecule has 1 saturated heterocycles. The standard InChI is InChI=1S/C18H23NO4/c1-18(2,3)23-17(21)19-14-9-13(14)10-15(19)16(20)22-11-12-7-5-4-6-8-12/h4-8,13-15H,9-11H2,1-3H3/t13-,14-,15-/m1/s1. The van der Waals surface area contributed by atoms with E-state index < -0.39 is 17.7 Å². The lowest BCUT2D eigenvalue weighted by Crippen LogP contribution is -2.46. The molecule has 5 nitrogen and oxygen atoms in total. The predicted molar refractivity (Wildman–Crippen MR) is 84.6 cm³/mol. The first-order valence-corrected chi connectivity index (χ1v) is 8.07. The van der Waals surface area contributed by atoms with E-state index in [1.165, 1.54) is 0 Å². The van der Waals surface area contributed by atoms with Crippen LogP contribution in [-0.4, -0.2) is 34.6 Å². The minimum Gasteiger partial charge on any atom is -0.459 e. The molecule has 1 aromatic carbocycles. The summed E-state index contributed by atoms with van der Waals surface area (Å²) in [6, 6.07) is 9.16. The molecule has 3 rings (SSSR count). The highest BCUT2D eigenvalue weighted by Crippen LogP contribution is 2.48. The van der Waals surface area contributed by atoms with Crippen molar-refractivity contribution in [3.05, 3.63) is 35.9 Å². The molecule has 124 valence electrons. The van der Waals surface area contributed by atoms with Crippen LogP contribution in [0.4, 0.5) is 4.79 Å². The van der Waals surface area contributed by atoms with E-state index in [0.29, 0.717) is 12.3 Å². The van der Waals surface area contributed by atoms with Crippen LogP contribution >= 0.6 is 0 Å². The van der Waals surface area contributed by atoms with Gasteiger partial charge in [0, 0.05) is 6.04 Å². The Hall–Kier alpha value is -2.04. The monoisotopic (exact) mass is 317 g/mol. The number of esters is 1. The normalized spacial score (nSPS) is 25.7. The molecule has 2 fully saturated rings. The Labute approximate surface area is 136 Å². The van der Waals surface area contributed by atoms with E-state index >= 15 is 0 Å². The van der Waals surface area contributed by atoms with Crippen LogP contribution in [0.15, 0.2) is 30.3 Å². The Kier molecular flexibility index (Phi) is 4.04. The molecule has 2 aliphatic rings. The predicted octanol–water partition coefficient (Wildman–Crippen LogP) is 3.13. The van der Waals surface area contributed by atoms with Crippen molar-refractivity contribution in [3.63, 3.8) is 0 Å². The van der Waals surface area contributed by atoms with Crippen molar-refractivity contribution in [2.45, 2.75) is 57.9 Å². The molecule has 1 aliphatic heterocycles. The van der Waals surface area contributed by atoms with Crippen molar-refractivity contribution in [2.75, 3.05) is 0 Å². The molecule has 1 amide bonds. The first-order chi connectivity index (χ1) is 10.8. The fourth-order valence-corrected chi connectivity index (χ4v) is 3.07. The summed E-state index contributed by atoms with van der Waals surface area (Å²) >= 11 is 0. The molecule has 0 radical (unpaired) electrons. The van der Waals surface area contributed by atoms with Crippen LogP contribution < -0.4 is 0 Å². The van der Waals surface area contributed by atoms with Gasteiger partial charge < -0.3 is 9.47 Å². The van der Waals surface area contributed by atoms with Crippen molar-refractivity contribution in [1.29, 1.82) is 0 Å². The molecule has 1 aliphatic carbocycles. The maximum absolute atomic E-state index is 12.4. The van der Waals surface area contributed by atoms with Gasteiger partial charge in [0.1, 0.15) is 18.2 Å². The minimum atomic E-state index is -0.567. The van der Waals surface area contributed by atoms with E-state index in [4.69, 9.17) is 9.47 Å². The summed E-state index contributed by atoms with van der Waals surface area (Å²) in [6.45, 7) is 5.71. The van der Waals surface area contributed by atoms with Crippen molar-refractivity contribution in [1.82, 2.24) is 4.90 Å². The molecule has 0 spiro atoms. The van der Waals surface area contributed by atoms with E-state index in [1.54, 1.807) is 4.90 Å². The Bertz CT molecular complexity index is 593. The first kappa shape index (κ1) is 15.8. The number of carbonyl (C=O) groups is 2. The maximum atomic E-state index is 12.4. The third kappa shape index (κ3) is 3.66. The molecule has 5 heteroatoms. The molecule has 0 bridgehead atoms. The van der Waals surface area contributed by atoms with Crippen LogP contribution in [0, 0.1) is 5.92 Å². The highest BCUT2D eigenvalue weighted by Gasteiger charge is 2.57. The van der Waals surface area contributed by atoms with Gasteiger partial charge in [-0.3, -0.25) is 4.90 Å². The first-order valence-electron chi connectivity index (χ1n) is 8.07. The summed E-state index contributed by atoms with van der Waals surface area (Å²) in [7, 11) is 0. The number of hydrogen-bond acceptors (Lipinski definition) is 4. The zero-order chi connectivity index (χ0) is 16.6.